The highest BCUT2D eigenvalue weighted by Gasteiger charge is 2.77. The van der Waals surface area contributed by atoms with Gasteiger partial charge in [-0.05, 0) is 44.0 Å². The van der Waals surface area contributed by atoms with Crippen LogP contribution in [-0.2, 0) is 19.2 Å². The monoisotopic (exact) mass is 568 g/mol. The van der Waals surface area contributed by atoms with Gasteiger partial charge < -0.3 is 26.2 Å². The van der Waals surface area contributed by atoms with Crippen LogP contribution in [0.1, 0.15) is 76.8 Å². The number of ketones is 3. The Balaban J connectivity index is 2.14. The molecule has 1 saturated carbocycles. The van der Waals surface area contributed by atoms with Crippen molar-refractivity contribution in [2.24, 2.45) is 22.5 Å². The number of carbonyl (C=O) groups is 4. The van der Waals surface area contributed by atoms with Gasteiger partial charge in [0.1, 0.15) is 28.6 Å². The second-order valence-electron chi connectivity index (χ2n) is 12.4. The van der Waals surface area contributed by atoms with Crippen LogP contribution in [-0.4, -0.2) is 74.3 Å². The van der Waals surface area contributed by atoms with E-state index in [1.807, 2.05) is 6.92 Å². The summed E-state index contributed by atoms with van der Waals surface area (Å²) in [5, 5.41) is 46.2. The van der Waals surface area contributed by atoms with Crippen LogP contribution < -0.4 is 5.73 Å². The van der Waals surface area contributed by atoms with E-state index in [9.17, 15) is 39.6 Å². The number of nitrogens with two attached hydrogens (primary N) is 1. The number of aromatic hydroxyl groups is 1. The lowest BCUT2D eigenvalue weighted by molar-refractivity contribution is -0.196. The molecular weight excluding hydrogens is 528 g/mol. The number of fused-ring (bicyclic) bond motifs is 3. The number of amides is 1. The Morgan fingerprint density at radius 1 is 1.07 bits per heavy atom. The summed E-state index contributed by atoms with van der Waals surface area (Å²) in [6, 6.07) is 3.33. The Kier molecular flexibility index (Phi) is 7.50. The zero-order valence-electron chi connectivity index (χ0n) is 24.4. The standard InChI is InChI=1S/C31H40N2O8/c1-7-8-9-11-16(34)14-19-29(3)15(2)17-12-10-13-18(35)20(17)23(36)22(29)27(39)31(41)26(38)21(28(32)40)24(37)25(33(5)6)30(19,31)4/h10,12-13,15,19,25,35-36,38,41H,7-9,11,14H2,1-6H3,(H2,32,40)/t15-,19-,25+,29-,30-,31+/m0/s1. The maximum atomic E-state index is 14.6. The van der Waals surface area contributed by atoms with E-state index >= 15 is 0 Å². The second kappa shape index (κ2) is 10.1. The van der Waals surface area contributed by atoms with Gasteiger partial charge in [0, 0.05) is 29.2 Å². The second-order valence-corrected chi connectivity index (χ2v) is 12.4. The first-order chi connectivity index (χ1) is 19.0. The van der Waals surface area contributed by atoms with E-state index in [0.717, 1.165) is 12.8 Å². The Labute approximate surface area is 239 Å². The topological polar surface area (TPSA) is 178 Å². The Bertz CT molecular complexity index is 1410. The number of hydrogen-bond donors (Lipinski definition) is 5. The smallest absolute Gasteiger partial charge is 0.255 e. The lowest BCUT2D eigenvalue weighted by atomic mass is 9.39. The van der Waals surface area contributed by atoms with Crippen molar-refractivity contribution in [1.29, 1.82) is 0 Å². The third-order valence-corrected chi connectivity index (χ3v) is 10.1. The molecule has 6 atom stereocenters. The molecule has 1 fully saturated rings. The number of nitrogens with zero attached hydrogens (tertiary/aromatic N) is 1. The molecule has 4 rings (SSSR count). The molecule has 41 heavy (non-hydrogen) atoms. The zero-order valence-corrected chi connectivity index (χ0v) is 24.4. The van der Waals surface area contributed by atoms with Crippen LogP contribution in [0.15, 0.2) is 35.1 Å². The van der Waals surface area contributed by atoms with Gasteiger partial charge in [0.2, 0.25) is 5.78 Å². The number of primary amides is 1. The van der Waals surface area contributed by atoms with Crippen LogP contribution in [0.5, 0.6) is 5.75 Å². The molecule has 0 heterocycles. The van der Waals surface area contributed by atoms with Crippen molar-refractivity contribution in [2.75, 3.05) is 14.1 Å². The van der Waals surface area contributed by atoms with Crippen LogP contribution in [0.2, 0.25) is 0 Å². The fourth-order valence-corrected chi connectivity index (χ4v) is 8.02. The van der Waals surface area contributed by atoms with Crippen LogP contribution in [0.25, 0.3) is 5.76 Å². The van der Waals surface area contributed by atoms with Gasteiger partial charge >= 0.3 is 0 Å². The average Bonchev–Trinajstić information content (AvgIpc) is 2.88. The summed E-state index contributed by atoms with van der Waals surface area (Å²) in [5.74, 6) is -7.12. The van der Waals surface area contributed by atoms with E-state index in [1.54, 1.807) is 40.1 Å². The van der Waals surface area contributed by atoms with Gasteiger partial charge in [0.25, 0.3) is 5.91 Å². The van der Waals surface area contributed by atoms with Gasteiger partial charge in [-0.15, -0.1) is 0 Å². The number of hydrogen-bond acceptors (Lipinski definition) is 9. The molecule has 222 valence electrons. The van der Waals surface area contributed by atoms with E-state index in [4.69, 9.17) is 5.73 Å². The van der Waals surface area contributed by atoms with Crippen molar-refractivity contribution in [3.63, 3.8) is 0 Å². The predicted molar refractivity (Wildman–Crippen MR) is 151 cm³/mol. The lowest BCUT2D eigenvalue weighted by Gasteiger charge is -2.65. The molecular formula is C31H40N2O8. The number of rotatable bonds is 8. The van der Waals surface area contributed by atoms with Crippen molar-refractivity contribution in [2.45, 2.75) is 77.4 Å². The van der Waals surface area contributed by atoms with E-state index in [-0.39, 0.29) is 35.5 Å². The molecule has 1 amide bonds. The number of carbonyl (C=O) groups excluding carboxylic acids is 4. The molecule has 0 radical (unpaired) electrons. The highest BCUT2D eigenvalue weighted by atomic mass is 16.3. The van der Waals surface area contributed by atoms with Crippen molar-refractivity contribution < 1.29 is 39.6 Å². The van der Waals surface area contributed by atoms with E-state index in [1.165, 1.54) is 17.9 Å². The van der Waals surface area contributed by atoms with Crippen LogP contribution >= 0.6 is 0 Å². The largest absolute Gasteiger partial charge is 0.508 e. The fraction of sp³-hybridized carbons (Fsp3) is 0.548. The normalized spacial score (nSPS) is 33.0. The summed E-state index contributed by atoms with van der Waals surface area (Å²) in [7, 11) is 3.09. The summed E-state index contributed by atoms with van der Waals surface area (Å²) >= 11 is 0. The Hall–Kier alpha value is -3.50. The van der Waals surface area contributed by atoms with Gasteiger partial charge in [-0.25, -0.2) is 0 Å². The van der Waals surface area contributed by atoms with Crippen LogP contribution in [0, 0.1) is 16.7 Å². The van der Waals surface area contributed by atoms with Gasteiger partial charge in [0.15, 0.2) is 11.4 Å². The third kappa shape index (κ3) is 3.83. The van der Waals surface area contributed by atoms with Crippen molar-refractivity contribution in [1.82, 2.24) is 4.90 Å². The van der Waals surface area contributed by atoms with Gasteiger partial charge in [-0.1, -0.05) is 52.7 Å². The van der Waals surface area contributed by atoms with E-state index in [0.29, 0.717) is 12.0 Å². The van der Waals surface area contributed by atoms with Crippen LogP contribution in [0.3, 0.4) is 0 Å². The maximum Gasteiger partial charge on any atom is 0.255 e. The van der Waals surface area contributed by atoms with Gasteiger partial charge in [-0.3, -0.25) is 24.1 Å². The fourth-order valence-electron chi connectivity index (χ4n) is 8.02. The quantitative estimate of drug-likeness (QED) is 0.233. The molecule has 0 saturated heterocycles. The number of Topliss-reactive ketones (excluding diaryl/α,β-unsaturated/α-hetero) is 3. The van der Waals surface area contributed by atoms with E-state index in [2.05, 4.69) is 0 Å². The first-order valence-electron chi connectivity index (χ1n) is 14.0. The summed E-state index contributed by atoms with van der Waals surface area (Å²) in [4.78, 5) is 55.9. The molecule has 3 aliphatic carbocycles. The molecule has 1 aromatic rings. The van der Waals surface area contributed by atoms with Crippen molar-refractivity contribution in [3.05, 3.63) is 46.2 Å². The molecule has 0 aliphatic heterocycles. The number of aliphatic hydroxyl groups is 3. The molecule has 10 nitrogen and oxygen atoms in total. The highest BCUT2D eigenvalue weighted by molar-refractivity contribution is 6.25. The van der Waals surface area contributed by atoms with Gasteiger partial charge in [-0.2, -0.15) is 0 Å². The third-order valence-electron chi connectivity index (χ3n) is 10.1. The maximum absolute atomic E-state index is 14.6. The molecule has 6 N–H and O–H groups in total. The number of unbranched alkanes of at least 4 members (excludes halogenated alkanes) is 2. The molecule has 3 aliphatic rings. The predicted octanol–water partition coefficient (Wildman–Crippen LogP) is 3.07. The molecule has 0 aromatic heterocycles. The summed E-state index contributed by atoms with van der Waals surface area (Å²) in [6.45, 7) is 7.01. The number of likely N-dealkylation sites (N-methyl/N-ethyl adjacent to an activating group) is 1. The Morgan fingerprint density at radius 2 is 1.71 bits per heavy atom. The number of phenols is 1. The Morgan fingerprint density at radius 3 is 2.27 bits per heavy atom. The summed E-state index contributed by atoms with van der Waals surface area (Å²) < 4.78 is 0. The first kappa shape index (κ1) is 30.5. The molecule has 1 aromatic carbocycles. The molecule has 10 heteroatoms. The van der Waals surface area contributed by atoms with Gasteiger partial charge in [0.05, 0.1) is 11.6 Å². The zero-order chi connectivity index (χ0) is 30.8. The molecule has 0 spiro atoms. The minimum absolute atomic E-state index is 0.00990. The summed E-state index contributed by atoms with van der Waals surface area (Å²) in [5.41, 5.74) is -1.26. The number of aliphatic hydroxyl groups excluding tert-OH is 2. The number of benzene rings is 1. The molecule has 0 unspecified atom stereocenters. The number of phenolic OH excluding ortho intramolecular Hbond substituents is 1. The lowest BCUT2D eigenvalue weighted by Crippen LogP contribution is -2.76. The minimum Gasteiger partial charge on any atom is -0.508 e. The average molecular weight is 569 g/mol. The van der Waals surface area contributed by atoms with Crippen LogP contribution in [0.4, 0.5) is 0 Å². The highest BCUT2D eigenvalue weighted by Crippen LogP contribution is 2.69. The summed E-state index contributed by atoms with van der Waals surface area (Å²) in [6.07, 6.45) is 2.40. The first-order valence-corrected chi connectivity index (χ1v) is 14.0. The SMILES string of the molecule is CCCCCC(=O)C[C@H]1[C@@]2(C)C(=C(O)c3c(O)cccc3[C@@H]2C)C(=O)[C@]2(O)C(O)=C(C(N)=O)C(=O)[C@@H](N(C)C)[C@]12C. The molecule has 0 bridgehead atoms. The van der Waals surface area contributed by atoms with E-state index < -0.39 is 68.9 Å². The minimum atomic E-state index is -2.90. The van der Waals surface area contributed by atoms with Crippen molar-refractivity contribution in [3.8, 4) is 5.75 Å². The van der Waals surface area contributed by atoms with Crippen molar-refractivity contribution >= 4 is 29.0 Å².